The summed E-state index contributed by atoms with van der Waals surface area (Å²) >= 11 is 0. The second kappa shape index (κ2) is 8.00. The van der Waals surface area contributed by atoms with Gasteiger partial charge in [0.05, 0.1) is 0 Å². The zero-order valence-corrected chi connectivity index (χ0v) is 14.9. The van der Waals surface area contributed by atoms with E-state index in [9.17, 15) is 0 Å². The second-order valence-corrected chi connectivity index (χ2v) is 6.59. The first-order valence-corrected chi connectivity index (χ1v) is 8.77. The Labute approximate surface area is 150 Å². The van der Waals surface area contributed by atoms with Gasteiger partial charge in [0.1, 0.15) is 12.4 Å². The standard InChI is InChI=1S/C23H25NO/c1-17(2)20-9-11-21(12-10-20)22-13-8-19(15-24)14-23(22)25-16-18-6-4-3-5-7-18/h3-14,17H,15-16,24H2,1-2H3. The van der Waals surface area contributed by atoms with Crippen molar-refractivity contribution in [1.82, 2.24) is 0 Å². The molecule has 25 heavy (non-hydrogen) atoms. The van der Waals surface area contributed by atoms with Gasteiger partial charge in [-0.2, -0.15) is 0 Å². The number of nitrogens with two attached hydrogens (primary N) is 1. The summed E-state index contributed by atoms with van der Waals surface area (Å²) in [6.45, 7) is 5.47. The van der Waals surface area contributed by atoms with Gasteiger partial charge in [-0.15, -0.1) is 0 Å². The maximum absolute atomic E-state index is 6.14. The molecule has 2 nitrogen and oxygen atoms in total. The van der Waals surface area contributed by atoms with Gasteiger partial charge in [-0.3, -0.25) is 0 Å². The van der Waals surface area contributed by atoms with E-state index in [1.807, 2.05) is 18.2 Å². The van der Waals surface area contributed by atoms with Crippen LogP contribution in [-0.2, 0) is 13.2 Å². The Balaban J connectivity index is 1.90. The molecule has 0 radical (unpaired) electrons. The fourth-order valence-corrected chi connectivity index (χ4v) is 2.83. The average Bonchev–Trinajstić information content (AvgIpc) is 2.67. The molecule has 0 atom stereocenters. The van der Waals surface area contributed by atoms with Crippen molar-refractivity contribution < 1.29 is 4.74 Å². The summed E-state index contributed by atoms with van der Waals surface area (Å²) in [5, 5.41) is 0. The first-order chi connectivity index (χ1) is 12.2. The summed E-state index contributed by atoms with van der Waals surface area (Å²) in [7, 11) is 0. The highest BCUT2D eigenvalue weighted by Crippen LogP contribution is 2.32. The van der Waals surface area contributed by atoms with Crippen molar-refractivity contribution in [2.75, 3.05) is 0 Å². The summed E-state index contributed by atoms with van der Waals surface area (Å²) in [5.41, 5.74) is 11.6. The third kappa shape index (κ3) is 4.28. The van der Waals surface area contributed by atoms with Gasteiger partial charge in [-0.05, 0) is 34.2 Å². The lowest BCUT2D eigenvalue weighted by molar-refractivity contribution is 0.307. The van der Waals surface area contributed by atoms with Crippen LogP contribution in [-0.4, -0.2) is 0 Å². The molecule has 0 heterocycles. The van der Waals surface area contributed by atoms with Crippen LogP contribution in [0.1, 0.15) is 36.5 Å². The molecule has 0 saturated heterocycles. The fourth-order valence-electron chi connectivity index (χ4n) is 2.83. The van der Waals surface area contributed by atoms with Gasteiger partial charge in [0.15, 0.2) is 0 Å². The Morgan fingerprint density at radius 3 is 2.20 bits per heavy atom. The molecule has 3 rings (SSSR count). The van der Waals surface area contributed by atoms with Gasteiger partial charge >= 0.3 is 0 Å². The molecule has 3 aromatic rings. The second-order valence-electron chi connectivity index (χ2n) is 6.59. The molecule has 0 saturated carbocycles. The van der Waals surface area contributed by atoms with Gasteiger partial charge in [0.2, 0.25) is 0 Å². The number of rotatable bonds is 6. The Kier molecular flexibility index (Phi) is 5.52. The minimum absolute atomic E-state index is 0.508. The van der Waals surface area contributed by atoms with Crippen LogP contribution in [0.25, 0.3) is 11.1 Å². The van der Waals surface area contributed by atoms with Crippen LogP contribution in [0, 0.1) is 0 Å². The van der Waals surface area contributed by atoms with Crippen LogP contribution < -0.4 is 10.5 Å². The van der Waals surface area contributed by atoms with Crippen molar-refractivity contribution in [2.45, 2.75) is 32.9 Å². The van der Waals surface area contributed by atoms with Crippen LogP contribution in [0.3, 0.4) is 0 Å². The Morgan fingerprint density at radius 1 is 0.840 bits per heavy atom. The maximum atomic E-state index is 6.14. The lowest BCUT2D eigenvalue weighted by atomic mass is 9.97. The van der Waals surface area contributed by atoms with Gasteiger partial charge in [-0.25, -0.2) is 0 Å². The lowest BCUT2D eigenvalue weighted by Crippen LogP contribution is -2.01. The van der Waals surface area contributed by atoms with Gasteiger partial charge in [-0.1, -0.05) is 80.6 Å². The Morgan fingerprint density at radius 2 is 1.56 bits per heavy atom. The van der Waals surface area contributed by atoms with E-state index < -0.39 is 0 Å². The van der Waals surface area contributed by atoms with E-state index in [0.717, 1.165) is 28.0 Å². The fraction of sp³-hybridized carbons (Fsp3) is 0.217. The summed E-state index contributed by atoms with van der Waals surface area (Å²) in [6, 6.07) is 25.2. The van der Waals surface area contributed by atoms with Crippen LogP contribution >= 0.6 is 0 Å². The quantitative estimate of drug-likeness (QED) is 0.646. The zero-order chi connectivity index (χ0) is 17.6. The normalized spacial score (nSPS) is 10.9. The van der Waals surface area contributed by atoms with E-state index in [4.69, 9.17) is 10.5 Å². The van der Waals surface area contributed by atoms with Crippen molar-refractivity contribution in [2.24, 2.45) is 5.73 Å². The highest BCUT2D eigenvalue weighted by Gasteiger charge is 2.09. The Hall–Kier alpha value is -2.58. The zero-order valence-electron chi connectivity index (χ0n) is 14.9. The van der Waals surface area contributed by atoms with Crippen LogP contribution in [0.15, 0.2) is 72.8 Å². The van der Waals surface area contributed by atoms with Crippen LogP contribution in [0.4, 0.5) is 0 Å². The van der Waals surface area contributed by atoms with Gasteiger partial charge in [0, 0.05) is 12.1 Å². The first kappa shape index (κ1) is 17.2. The SMILES string of the molecule is CC(C)c1ccc(-c2ccc(CN)cc2OCc2ccccc2)cc1. The minimum Gasteiger partial charge on any atom is -0.488 e. The maximum Gasteiger partial charge on any atom is 0.127 e. The van der Waals surface area contributed by atoms with Gasteiger partial charge < -0.3 is 10.5 Å². The molecule has 0 aromatic heterocycles. The molecule has 0 aliphatic carbocycles. The van der Waals surface area contributed by atoms with E-state index in [1.165, 1.54) is 5.56 Å². The molecule has 2 heteroatoms. The molecule has 0 bridgehead atoms. The molecule has 0 fully saturated rings. The summed E-state index contributed by atoms with van der Waals surface area (Å²) in [4.78, 5) is 0. The number of hydrogen-bond donors (Lipinski definition) is 1. The molecule has 2 N–H and O–H groups in total. The summed E-state index contributed by atoms with van der Waals surface area (Å²) < 4.78 is 6.14. The molecule has 0 aliphatic heterocycles. The smallest absolute Gasteiger partial charge is 0.127 e. The van der Waals surface area contributed by atoms with Crippen molar-refractivity contribution in [1.29, 1.82) is 0 Å². The topological polar surface area (TPSA) is 35.2 Å². The molecule has 0 unspecified atom stereocenters. The average molecular weight is 331 g/mol. The van der Waals surface area contributed by atoms with E-state index >= 15 is 0 Å². The molecular weight excluding hydrogens is 306 g/mol. The number of benzene rings is 3. The molecule has 128 valence electrons. The number of hydrogen-bond acceptors (Lipinski definition) is 2. The molecule has 3 aromatic carbocycles. The number of ether oxygens (including phenoxy) is 1. The molecule has 0 spiro atoms. The first-order valence-electron chi connectivity index (χ1n) is 8.77. The minimum atomic E-state index is 0.508. The van der Waals surface area contributed by atoms with Crippen molar-refractivity contribution in [3.05, 3.63) is 89.5 Å². The predicted molar refractivity (Wildman–Crippen MR) is 105 cm³/mol. The largest absolute Gasteiger partial charge is 0.488 e. The molecular formula is C23H25NO. The van der Waals surface area contributed by atoms with E-state index in [1.54, 1.807) is 0 Å². The monoisotopic (exact) mass is 331 g/mol. The Bertz CT molecular complexity index is 807. The highest BCUT2D eigenvalue weighted by atomic mass is 16.5. The van der Waals surface area contributed by atoms with Gasteiger partial charge in [0.25, 0.3) is 0 Å². The van der Waals surface area contributed by atoms with E-state index in [0.29, 0.717) is 19.1 Å². The van der Waals surface area contributed by atoms with Crippen LogP contribution in [0.2, 0.25) is 0 Å². The predicted octanol–water partition coefficient (Wildman–Crippen LogP) is 5.51. The summed E-state index contributed by atoms with van der Waals surface area (Å²) in [6.07, 6.45) is 0. The molecule has 0 aliphatic rings. The van der Waals surface area contributed by atoms with Crippen LogP contribution in [0.5, 0.6) is 5.75 Å². The molecule has 0 amide bonds. The lowest BCUT2D eigenvalue weighted by Gasteiger charge is -2.14. The van der Waals surface area contributed by atoms with Crippen molar-refractivity contribution >= 4 is 0 Å². The highest BCUT2D eigenvalue weighted by molar-refractivity contribution is 5.71. The third-order valence-corrected chi connectivity index (χ3v) is 4.41. The summed E-state index contributed by atoms with van der Waals surface area (Å²) in [5.74, 6) is 1.41. The third-order valence-electron chi connectivity index (χ3n) is 4.41. The van der Waals surface area contributed by atoms with Crippen molar-refractivity contribution in [3.8, 4) is 16.9 Å². The van der Waals surface area contributed by atoms with E-state index in [-0.39, 0.29) is 0 Å². The van der Waals surface area contributed by atoms with Crippen molar-refractivity contribution in [3.63, 3.8) is 0 Å². The van der Waals surface area contributed by atoms with E-state index in [2.05, 4.69) is 68.4 Å².